The molecule has 21 heavy (non-hydrogen) atoms. The van der Waals surface area contributed by atoms with Crippen LogP contribution in [-0.2, 0) is 13.2 Å². The van der Waals surface area contributed by atoms with Crippen LogP contribution in [0, 0.1) is 0 Å². The first-order valence-electron chi connectivity index (χ1n) is 7.11. The van der Waals surface area contributed by atoms with E-state index in [1.807, 2.05) is 31.3 Å². The number of nitrogens with zero attached hydrogens (tertiary/aromatic N) is 2. The summed E-state index contributed by atoms with van der Waals surface area (Å²) in [7, 11) is 2.02. The molecule has 0 radical (unpaired) electrons. The lowest BCUT2D eigenvalue weighted by Crippen LogP contribution is -2.16. The van der Waals surface area contributed by atoms with Crippen molar-refractivity contribution in [1.82, 2.24) is 4.98 Å². The van der Waals surface area contributed by atoms with Gasteiger partial charge in [-0.25, -0.2) is 4.98 Å². The van der Waals surface area contributed by atoms with Crippen LogP contribution in [0.4, 0.5) is 5.13 Å². The molecule has 0 bridgehead atoms. The summed E-state index contributed by atoms with van der Waals surface area (Å²) in [6.07, 6.45) is 1.02. The zero-order valence-corrected chi connectivity index (χ0v) is 14.2. The largest absolute Gasteiger partial charge is 0.391 e. The van der Waals surface area contributed by atoms with Crippen LogP contribution in [0.2, 0.25) is 5.02 Å². The minimum Gasteiger partial charge on any atom is -0.391 e. The fourth-order valence-electron chi connectivity index (χ4n) is 2.14. The van der Waals surface area contributed by atoms with E-state index >= 15 is 0 Å². The second-order valence-electron chi connectivity index (χ2n) is 5.25. The first-order valence-corrected chi connectivity index (χ1v) is 8.30. The lowest BCUT2D eigenvalue weighted by Gasteiger charge is -2.16. The van der Waals surface area contributed by atoms with Crippen molar-refractivity contribution in [2.24, 2.45) is 0 Å². The summed E-state index contributed by atoms with van der Waals surface area (Å²) in [4.78, 5) is 7.81. The molecule has 1 aromatic heterocycles. The molecule has 2 aromatic rings. The monoisotopic (exact) mass is 324 g/mol. The van der Waals surface area contributed by atoms with E-state index in [1.165, 1.54) is 5.56 Å². The number of rotatable bonds is 6. The molecule has 1 aromatic carbocycles. The second-order valence-corrected chi connectivity index (χ2v) is 6.75. The van der Waals surface area contributed by atoms with Crippen molar-refractivity contribution in [3.8, 4) is 0 Å². The van der Waals surface area contributed by atoms with Crippen molar-refractivity contribution in [2.75, 3.05) is 11.9 Å². The van der Waals surface area contributed by atoms with Crippen LogP contribution in [0.3, 0.4) is 0 Å². The summed E-state index contributed by atoms with van der Waals surface area (Å²) in [6.45, 7) is 5.13. The van der Waals surface area contributed by atoms with E-state index in [1.54, 1.807) is 11.3 Å². The Hall–Kier alpha value is -1.10. The third-order valence-electron chi connectivity index (χ3n) is 3.60. The fourth-order valence-corrected chi connectivity index (χ4v) is 3.26. The van der Waals surface area contributed by atoms with Gasteiger partial charge in [0.15, 0.2) is 5.13 Å². The van der Waals surface area contributed by atoms with E-state index in [0.29, 0.717) is 5.92 Å². The minimum absolute atomic E-state index is 0.0616. The maximum absolute atomic E-state index is 9.52. The fraction of sp³-hybridized carbons (Fsp3) is 0.438. The average molecular weight is 325 g/mol. The zero-order valence-electron chi connectivity index (χ0n) is 12.6. The normalized spacial score (nSPS) is 12.4. The van der Waals surface area contributed by atoms with Crippen LogP contribution in [-0.4, -0.2) is 17.1 Å². The smallest absolute Gasteiger partial charge is 0.185 e. The van der Waals surface area contributed by atoms with Crippen LogP contribution < -0.4 is 4.90 Å². The van der Waals surface area contributed by atoms with Crippen LogP contribution in [0.25, 0.3) is 0 Å². The summed E-state index contributed by atoms with van der Waals surface area (Å²) in [5.74, 6) is 0.376. The molecule has 1 atom stereocenters. The molecule has 0 aliphatic rings. The van der Waals surface area contributed by atoms with Crippen molar-refractivity contribution < 1.29 is 5.11 Å². The van der Waals surface area contributed by atoms with Crippen molar-refractivity contribution in [3.63, 3.8) is 0 Å². The molecule has 5 heteroatoms. The van der Waals surface area contributed by atoms with Gasteiger partial charge in [-0.3, -0.25) is 0 Å². The van der Waals surface area contributed by atoms with E-state index in [-0.39, 0.29) is 6.61 Å². The highest BCUT2D eigenvalue weighted by Crippen LogP contribution is 2.32. The molecular formula is C16H21ClN2OS. The van der Waals surface area contributed by atoms with E-state index in [2.05, 4.69) is 18.7 Å². The maximum Gasteiger partial charge on any atom is 0.185 e. The number of halogens is 1. The summed E-state index contributed by atoms with van der Waals surface area (Å²) in [6, 6.07) is 7.84. The molecule has 0 aliphatic carbocycles. The molecule has 1 heterocycles. The number of anilines is 1. The van der Waals surface area contributed by atoms with Gasteiger partial charge in [0.1, 0.15) is 0 Å². The van der Waals surface area contributed by atoms with Gasteiger partial charge in [-0.05, 0) is 30.0 Å². The molecule has 3 nitrogen and oxygen atoms in total. The highest BCUT2D eigenvalue weighted by atomic mass is 35.5. The third kappa shape index (κ3) is 3.96. The van der Waals surface area contributed by atoms with E-state index in [9.17, 15) is 5.11 Å². The molecule has 0 saturated carbocycles. The Morgan fingerprint density at radius 1 is 1.33 bits per heavy atom. The molecule has 2 rings (SSSR count). The molecule has 114 valence electrons. The van der Waals surface area contributed by atoms with Crippen molar-refractivity contribution in [1.29, 1.82) is 0 Å². The Morgan fingerprint density at radius 3 is 2.57 bits per heavy atom. The van der Waals surface area contributed by atoms with Gasteiger partial charge in [-0.15, -0.1) is 0 Å². The molecular weight excluding hydrogens is 304 g/mol. The first kappa shape index (κ1) is 16.3. The number of thiazole rings is 1. The lowest BCUT2D eigenvalue weighted by molar-refractivity contribution is 0.283. The number of aliphatic hydroxyl groups excluding tert-OH is 1. The lowest BCUT2D eigenvalue weighted by atomic mass is 10.0. The van der Waals surface area contributed by atoms with Gasteiger partial charge in [0.25, 0.3) is 0 Å². The molecule has 0 saturated heterocycles. The van der Waals surface area contributed by atoms with Crippen LogP contribution in [0.1, 0.15) is 42.3 Å². The van der Waals surface area contributed by atoms with Gasteiger partial charge < -0.3 is 10.0 Å². The van der Waals surface area contributed by atoms with Crippen molar-refractivity contribution >= 4 is 28.1 Å². The standard InChI is InChI=1S/C16H21ClN2OS/c1-4-11(2)15-14(10-20)21-16(18-15)19(3)9-12-5-7-13(17)8-6-12/h5-8,11,20H,4,9-10H2,1-3H3. The topological polar surface area (TPSA) is 36.4 Å². The SMILES string of the molecule is CCC(C)c1nc(N(C)Cc2ccc(Cl)cc2)sc1CO. The number of benzene rings is 1. The third-order valence-corrected chi connectivity index (χ3v) is 5.02. The number of hydrogen-bond acceptors (Lipinski definition) is 4. The van der Waals surface area contributed by atoms with Gasteiger partial charge in [0.05, 0.1) is 17.2 Å². The molecule has 0 aliphatic heterocycles. The zero-order chi connectivity index (χ0) is 15.4. The first-order chi connectivity index (χ1) is 10.0. The quantitative estimate of drug-likeness (QED) is 0.853. The number of hydrogen-bond donors (Lipinski definition) is 1. The van der Waals surface area contributed by atoms with Crippen molar-refractivity contribution in [3.05, 3.63) is 45.4 Å². The maximum atomic E-state index is 9.52. The van der Waals surface area contributed by atoms with Gasteiger partial charge in [-0.1, -0.05) is 48.9 Å². The van der Waals surface area contributed by atoms with Gasteiger partial charge in [0, 0.05) is 18.6 Å². The Morgan fingerprint density at radius 2 is 2.00 bits per heavy atom. The van der Waals surface area contributed by atoms with Gasteiger partial charge in [0.2, 0.25) is 0 Å². The molecule has 1 N–H and O–H groups in total. The Balaban J connectivity index is 2.17. The molecule has 0 fully saturated rings. The summed E-state index contributed by atoms with van der Waals surface area (Å²) in [5, 5.41) is 11.2. The Bertz CT molecular complexity index is 582. The summed E-state index contributed by atoms with van der Waals surface area (Å²) < 4.78 is 0. The van der Waals surface area contributed by atoms with Crippen molar-refractivity contribution in [2.45, 2.75) is 39.3 Å². The summed E-state index contributed by atoms with van der Waals surface area (Å²) >= 11 is 7.48. The van der Waals surface area contributed by atoms with Gasteiger partial charge >= 0.3 is 0 Å². The number of aromatic nitrogens is 1. The van der Waals surface area contributed by atoms with Crippen LogP contribution >= 0.6 is 22.9 Å². The van der Waals surface area contributed by atoms with Crippen LogP contribution in [0.15, 0.2) is 24.3 Å². The number of aliphatic hydroxyl groups is 1. The van der Waals surface area contributed by atoms with E-state index in [4.69, 9.17) is 16.6 Å². The summed E-state index contributed by atoms with van der Waals surface area (Å²) in [5.41, 5.74) is 2.22. The molecule has 0 spiro atoms. The minimum atomic E-state index is 0.0616. The Kier molecular flexibility index (Phi) is 5.62. The Labute approximate surface area is 135 Å². The van der Waals surface area contributed by atoms with E-state index < -0.39 is 0 Å². The highest BCUT2D eigenvalue weighted by molar-refractivity contribution is 7.15. The van der Waals surface area contributed by atoms with Gasteiger partial charge in [-0.2, -0.15) is 0 Å². The average Bonchev–Trinajstić information content (AvgIpc) is 2.93. The highest BCUT2D eigenvalue weighted by Gasteiger charge is 2.17. The molecule has 0 amide bonds. The molecule has 1 unspecified atom stereocenters. The van der Waals surface area contributed by atoms with Crippen LogP contribution in [0.5, 0.6) is 0 Å². The second kappa shape index (κ2) is 7.25. The van der Waals surface area contributed by atoms with E-state index in [0.717, 1.165) is 33.7 Å². The predicted octanol–water partition coefficient (Wildman–Crippen LogP) is 4.44. The predicted molar refractivity (Wildman–Crippen MR) is 90.3 cm³/mol.